The van der Waals surface area contributed by atoms with Crippen molar-refractivity contribution in [3.63, 3.8) is 0 Å². The average Bonchev–Trinajstić information content (AvgIpc) is 3.53. The molecular weight excluding hydrogens is 576 g/mol. The van der Waals surface area contributed by atoms with Gasteiger partial charge in [-0.3, -0.25) is 9.20 Å². The molecule has 1 unspecified atom stereocenters. The van der Waals surface area contributed by atoms with Crippen LogP contribution in [0, 0.1) is 11.8 Å². The second kappa shape index (κ2) is 11.0. The number of aromatic nitrogens is 2. The third-order valence-electron chi connectivity index (χ3n) is 7.89. The van der Waals surface area contributed by atoms with Crippen LogP contribution in [0.25, 0.3) is 10.4 Å². The van der Waals surface area contributed by atoms with Crippen molar-refractivity contribution in [1.29, 1.82) is 0 Å². The number of hydrogen-bond acceptors (Lipinski definition) is 11. The normalized spacial score (nSPS) is 24.8. The van der Waals surface area contributed by atoms with E-state index in [0.29, 0.717) is 15.3 Å². The monoisotopic (exact) mass is 610 g/mol. The molecule has 1 aliphatic carbocycles. The summed E-state index contributed by atoms with van der Waals surface area (Å²) in [6.07, 6.45) is 4.13. The number of rotatable bonds is 8. The van der Waals surface area contributed by atoms with Crippen LogP contribution in [0.1, 0.15) is 57.8 Å². The van der Waals surface area contributed by atoms with E-state index in [1.54, 1.807) is 10.6 Å². The van der Waals surface area contributed by atoms with Gasteiger partial charge < -0.3 is 24.2 Å². The van der Waals surface area contributed by atoms with Gasteiger partial charge >= 0.3 is 12.1 Å². The molecule has 5 rings (SSSR count). The first-order valence-electron chi connectivity index (χ1n) is 13.6. The highest BCUT2D eigenvalue weighted by Gasteiger charge is 2.60. The molecule has 2 aromatic heterocycles. The number of esters is 1. The van der Waals surface area contributed by atoms with Gasteiger partial charge in [-0.25, -0.2) is 27.3 Å². The van der Waals surface area contributed by atoms with Crippen LogP contribution in [0.5, 0.6) is 0 Å². The van der Waals surface area contributed by atoms with Crippen LogP contribution < -0.4 is 0 Å². The summed E-state index contributed by atoms with van der Waals surface area (Å²) in [6, 6.07) is -0.503. The van der Waals surface area contributed by atoms with Gasteiger partial charge in [0.2, 0.25) is 17.2 Å². The van der Waals surface area contributed by atoms with Crippen LogP contribution in [-0.2, 0) is 33.8 Å². The van der Waals surface area contributed by atoms with E-state index in [4.69, 9.17) is 14.2 Å². The van der Waals surface area contributed by atoms with Crippen molar-refractivity contribution < 1.29 is 42.1 Å². The zero-order valence-electron chi connectivity index (χ0n) is 23.5. The van der Waals surface area contributed by atoms with Gasteiger partial charge in [-0.05, 0) is 32.6 Å². The Balaban J connectivity index is 1.45. The number of ether oxygens (including phenoxy) is 3. The number of imidazole rings is 1. The number of amides is 1. The molecule has 2 aromatic rings. The summed E-state index contributed by atoms with van der Waals surface area (Å²) in [5.74, 6) is -2.43. The Labute approximate surface area is 241 Å². The van der Waals surface area contributed by atoms with Crippen molar-refractivity contribution in [2.45, 2.75) is 82.4 Å². The molecule has 1 saturated carbocycles. The fourth-order valence-corrected chi connectivity index (χ4v) is 8.25. The molecule has 1 amide bonds. The largest absolute Gasteiger partial charge is 0.511 e. The topological polar surface area (TPSA) is 157 Å². The number of carbonyl (C=O) groups excluding carboxylic acids is 3. The molecule has 224 valence electrons. The number of β-lactam (4-membered cyclic amide) rings is 1. The summed E-state index contributed by atoms with van der Waals surface area (Å²) in [7, 11) is -1.03. The standard InChI is InChI=1S/C26H34N4O9S2/c1-13-18(17-11-29-12-27-22(24(29)40-17)41(35,36)28(4)5)21(30-20(13)19(14(2)31)23(30)32)25(33)37-15(3)38-26(34)39-16-9-7-6-8-10-16/h11-16,19-20,31H,6-10H2,1-5H3/t13-,14+,15?,19+,20+/m0/s1. The SMILES string of the molecule is CC(OC(=O)OC1CCCCC1)OC(=O)C1=C(c2cn3cnc(S(=O)(=O)N(C)C)c3s2)[C@H](C)[C@@H]2[C@@H]([C@@H](C)O)C(=O)N12. The Hall–Kier alpha value is -3.01. The van der Waals surface area contributed by atoms with Gasteiger partial charge in [-0.1, -0.05) is 13.3 Å². The molecule has 2 fully saturated rings. The summed E-state index contributed by atoms with van der Waals surface area (Å²) in [5.41, 5.74) is 0.436. The van der Waals surface area contributed by atoms with Crippen LogP contribution in [0.15, 0.2) is 23.2 Å². The maximum atomic E-state index is 13.6. The second-order valence-corrected chi connectivity index (χ2v) is 14.0. The summed E-state index contributed by atoms with van der Waals surface area (Å²) >= 11 is 1.11. The van der Waals surface area contributed by atoms with E-state index in [0.717, 1.165) is 47.7 Å². The van der Waals surface area contributed by atoms with Gasteiger partial charge in [0.15, 0.2) is 0 Å². The predicted molar refractivity (Wildman–Crippen MR) is 146 cm³/mol. The fraction of sp³-hybridized carbons (Fsp3) is 0.615. The predicted octanol–water partition coefficient (Wildman–Crippen LogP) is 2.59. The van der Waals surface area contributed by atoms with Crippen molar-refractivity contribution >= 4 is 49.8 Å². The Bertz CT molecular complexity index is 1500. The minimum absolute atomic E-state index is 0.0324. The van der Waals surface area contributed by atoms with Crippen LogP contribution in [0.3, 0.4) is 0 Å². The van der Waals surface area contributed by atoms with E-state index >= 15 is 0 Å². The molecule has 1 saturated heterocycles. The minimum Gasteiger partial charge on any atom is -0.431 e. The van der Waals surface area contributed by atoms with Crippen LogP contribution >= 0.6 is 11.3 Å². The van der Waals surface area contributed by atoms with Gasteiger partial charge in [-0.15, -0.1) is 11.3 Å². The first-order valence-corrected chi connectivity index (χ1v) is 15.8. The number of aliphatic hydroxyl groups is 1. The first kappa shape index (κ1) is 29.5. The Morgan fingerprint density at radius 3 is 2.49 bits per heavy atom. The molecule has 0 spiro atoms. The molecule has 0 aromatic carbocycles. The van der Waals surface area contributed by atoms with Gasteiger partial charge in [0.25, 0.3) is 10.0 Å². The first-order chi connectivity index (χ1) is 19.3. The Morgan fingerprint density at radius 1 is 1.17 bits per heavy atom. The van der Waals surface area contributed by atoms with Crippen LogP contribution in [0.4, 0.5) is 4.79 Å². The summed E-state index contributed by atoms with van der Waals surface area (Å²) in [4.78, 5) is 45.2. The molecule has 1 N–H and O–H groups in total. The minimum atomic E-state index is -3.84. The van der Waals surface area contributed by atoms with E-state index in [-0.39, 0.29) is 16.8 Å². The molecule has 5 atom stereocenters. The van der Waals surface area contributed by atoms with Crippen molar-refractivity contribution in [3.8, 4) is 0 Å². The van der Waals surface area contributed by atoms with Gasteiger partial charge in [-0.2, -0.15) is 0 Å². The lowest BCUT2D eigenvalue weighted by molar-refractivity contribution is -0.174. The highest BCUT2D eigenvalue weighted by Crippen LogP contribution is 2.52. The summed E-state index contributed by atoms with van der Waals surface area (Å²) in [6.45, 7) is 4.74. The Morgan fingerprint density at radius 2 is 1.85 bits per heavy atom. The number of aliphatic hydroxyl groups excluding tert-OH is 1. The van der Waals surface area contributed by atoms with E-state index in [1.807, 2.05) is 6.92 Å². The van der Waals surface area contributed by atoms with Gasteiger partial charge in [0.1, 0.15) is 23.0 Å². The molecule has 41 heavy (non-hydrogen) atoms. The fourth-order valence-electron chi connectivity index (χ4n) is 5.85. The van der Waals surface area contributed by atoms with Crippen LogP contribution in [-0.4, -0.2) is 88.8 Å². The van der Waals surface area contributed by atoms with Gasteiger partial charge in [0, 0.05) is 38.7 Å². The summed E-state index contributed by atoms with van der Waals surface area (Å²) < 4.78 is 44.2. The number of thiazole rings is 1. The lowest BCUT2D eigenvalue weighted by Crippen LogP contribution is -2.63. The molecule has 0 bridgehead atoms. The quantitative estimate of drug-likeness (QED) is 0.268. The van der Waals surface area contributed by atoms with Gasteiger partial charge in [0.05, 0.1) is 22.9 Å². The number of nitrogens with zero attached hydrogens (tertiary/aromatic N) is 4. The molecule has 13 nitrogen and oxygen atoms in total. The van der Waals surface area contributed by atoms with Crippen molar-refractivity contribution in [2.75, 3.05) is 14.1 Å². The number of fused-ring (bicyclic) bond motifs is 2. The molecule has 3 aliphatic rings. The lowest BCUT2D eigenvalue weighted by Gasteiger charge is -2.46. The van der Waals surface area contributed by atoms with Crippen LogP contribution in [0.2, 0.25) is 0 Å². The zero-order chi connectivity index (χ0) is 29.8. The third-order valence-corrected chi connectivity index (χ3v) is 10.9. The second-order valence-electron chi connectivity index (χ2n) is 10.9. The smallest absolute Gasteiger partial charge is 0.431 e. The average molecular weight is 611 g/mol. The number of sulfonamides is 1. The van der Waals surface area contributed by atoms with E-state index < -0.39 is 58.3 Å². The lowest BCUT2D eigenvalue weighted by atomic mass is 9.77. The van der Waals surface area contributed by atoms with E-state index in [1.165, 1.54) is 39.2 Å². The zero-order valence-corrected chi connectivity index (χ0v) is 25.1. The summed E-state index contributed by atoms with van der Waals surface area (Å²) in [5, 5.41) is 10.2. The third kappa shape index (κ3) is 5.13. The molecule has 15 heteroatoms. The maximum absolute atomic E-state index is 13.6. The molecular formula is C26H34N4O9S2. The number of hydrogen-bond donors (Lipinski definition) is 1. The van der Waals surface area contributed by atoms with E-state index in [2.05, 4.69) is 4.98 Å². The highest BCUT2D eigenvalue weighted by atomic mass is 32.2. The van der Waals surface area contributed by atoms with Crippen molar-refractivity contribution in [1.82, 2.24) is 18.6 Å². The highest BCUT2D eigenvalue weighted by molar-refractivity contribution is 7.89. The maximum Gasteiger partial charge on any atom is 0.511 e. The van der Waals surface area contributed by atoms with E-state index in [9.17, 15) is 27.9 Å². The molecule has 2 aliphatic heterocycles. The Kier molecular flexibility index (Phi) is 7.91. The van der Waals surface area contributed by atoms with Crippen molar-refractivity contribution in [2.24, 2.45) is 11.8 Å². The molecule has 0 radical (unpaired) electrons. The number of carbonyl (C=O) groups is 3. The van der Waals surface area contributed by atoms with Crippen molar-refractivity contribution in [3.05, 3.63) is 23.1 Å². The molecule has 4 heterocycles.